The van der Waals surface area contributed by atoms with Crippen LogP contribution in [0.25, 0.3) is 0 Å². The maximum Gasteiger partial charge on any atom is 0.298 e. The number of rotatable bonds is 3. The van der Waals surface area contributed by atoms with Crippen molar-refractivity contribution in [3.05, 3.63) is 22.4 Å². The van der Waals surface area contributed by atoms with Crippen LogP contribution in [0.3, 0.4) is 0 Å². The molecule has 1 aromatic rings. The summed E-state index contributed by atoms with van der Waals surface area (Å²) in [6.45, 7) is 0.164. The Morgan fingerprint density at radius 1 is 1.46 bits per heavy atom. The third kappa shape index (κ3) is 2.18. The fraction of sp³-hybridized carbons (Fsp3) is 0.125. The molecular weight excluding hydrogens is 243 g/mol. The third-order valence-electron chi connectivity index (χ3n) is 1.38. The predicted molar refractivity (Wildman–Crippen MR) is 47.3 cm³/mol. The van der Waals surface area contributed by atoms with Gasteiger partial charge in [-0.1, -0.05) is 0 Å². The smallest absolute Gasteiger partial charge is 0.298 e. The summed E-state index contributed by atoms with van der Waals surface area (Å²) in [5.74, 6) is -0.439. The molecule has 0 N–H and O–H groups in total. The molecule has 0 aliphatic heterocycles. The zero-order valence-corrected chi connectivity index (χ0v) is 8.30. The van der Waals surface area contributed by atoms with Gasteiger partial charge in [-0.3, -0.25) is 4.79 Å². The van der Waals surface area contributed by atoms with Gasteiger partial charge in [-0.2, -0.15) is 0 Å². The molecule has 1 rings (SSSR count). The van der Waals surface area contributed by atoms with Crippen LogP contribution in [-0.2, 0) is 4.79 Å². The molecule has 0 radical (unpaired) electrons. The van der Waals surface area contributed by atoms with Gasteiger partial charge in [0.25, 0.3) is 6.47 Å². The molecule has 0 unspecified atom stereocenters. The largest absolute Gasteiger partial charge is 0.495 e. The molecule has 0 heterocycles. The minimum absolute atomic E-state index is 0.136. The van der Waals surface area contributed by atoms with Crippen molar-refractivity contribution in [1.29, 1.82) is 0 Å². The number of halogens is 2. The number of hydrogen-bond donors (Lipinski definition) is 0. The maximum absolute atomic E-state index is 13.0. The fourth-order valence-electron chi connectivity index (χ4n) is 0.809. The van der Waals surface area contributed by atoms with Crippen LogP contribution < -0.4 is 9.47 Å². The molecule has 0 saturated carbocycles. The molecule has 0 atom stereocenters. The minimum Gasteiger partial charge on any atom is -0.495 e. The predicted octanol–water partition coefficient (Wildman–Crippen LogP) is 2.13. The summed E-state index contributed by atoms with van der Waals surface area (Å²) in [7, 11) is 1.42. The van der Waals surface area contributed by atoms with Gasteiger partial charge < -0.3 is 9.47 Å². The Kier molecular flexibility index (Phi) is 3.25. The van der Waals surface area contributed by atoms with Gasteiger partial charge in [0.05, 0.1) is 11.6 Å². The highest BCUT2D eigenvalue weighted by Crippen LogP contribution is 2.31. The van der Waals surface area contributed by atoms with E-state index in [-0.39, 0.29) is 12.2 Å². The Bertz CT molecular complexity index is 327. The summed E-state index contributed by atoms with van der Waals surface area (Å²) >= 11 is 3.12. The summed E-state index contributed by atoms with van der Waals surface area (Å²) in [5, 5.41) is 0. The Labute approximate surface area is 82.6 Å². The second-order valence-electron chi connectivity index (χ2n) is 2.13. The van der Waals surface area contributed by atoms with Crippen molar-refractivity contribution in [3.63, 3.8) is 0 Å². The van der Waals surface area contributed by atoms with E-state index in [2.05, 4.69) is 20.7 Å². The lowest BCUT2D eigenvalue weighted by atomic mass is 10.3. The molecule has 0 spiro atoms. The summed E-state index contributed by atoms with van der Waals surface area (Å²) < 4.78 is 22.7. The van der Waals surface area contributed by atoms with Crippen molar-refractivity contribution in [3.8, 4) is 11.5 Å². The maximum atomic E-state index is 13.0. The van der Waals surface area contributed by atoms with E-state index in [9.17, 15) is 9.18 Å². The molecule has 0 fully saturated rings. The monoisotopic (exact) mass is 248 g/mol. The van der Waals surface area contributed by atoms with Crippen molar-refractivity contribution in [2.24, 2.45) is 0 Å². The second-order valence-corrected chi connectivity index (χ2v) is 2.99. The highest BCUT2D eigenvalue weighted by molar-refractivity contribution is 9.10. The van der Waals surface area contributed by atoms with Crippen LogP contribution in [0.4, 0.5) is 4.39 Å². The molecule has 3 nitrogen and oxygen atoms in total. The van der Waals surface area contributed by atoms with Crippen LogP contribution in [0.1, 0.15) is 0 Å². The van der Waals surface area contributed by atoms with Gasteiger partial charge in [0.2, 0.25) is 0 Å². The fourth-order valence-corrected chi connectivity index (χ4v) is 1.29. The van der Waals surface area contributed by atoms with E-state index in [0.29, 0.717) is 10.2 Å². The Morgan fingerprint density at radius 2 is 2.15 bits per heavy atom. The SMILES string of the molecule is COc1cc(F)c(OC=O)cc1Br. The topological polar surface area (TPSA) is 35.5 Å². The van der Waals surface area contributed by atoms with E-state index >= 15 is 0 Å². The molecule has 0 amide bonds. The van der Waals surface area contributed by atoms with Crippen molar-refractivity contribution < 1.29 is 18.7 Å². The Morgan fingerprint density at radius 3 is 2.69 bits per heavy atom. The van der Waals surface area contributed by atoms with E-state index in [0.717, 1.165) is 6.07 Å². The lowest BCUT2D eigenvalue weighted by Gasteiger charge is -2.05. The van der Waals surface area contributed by atoms with E-state index in [4.69, 9.17) is 4.74 Å². The normalized spacial score (nSPS) is 9.46. The molecular formula is C8H6BrFO3. The molecule has 5 heteroatoms. The minimum atomic E-state index is -0.646. The molecule has 0 saturated heterocycles. The van der Waals surface area contributed by atoms with Gasteiger partial charge in [-0.25, -0.2) is 4.39 Å². The second kappa shape index (κ2) is 4.23. The number of hydrogen-bond acceptors (Lipinski definition) is 3. The van der Waals surface area contributed by atoms with Gasteiger partial charge >= 0.3 is 0 Å². The number of benzene rings is 1. The highest BCUT2D eigenvalue weighted by atomic mass is 79.9. The van der Waals surface area contributed by atoms with E-state index in [1.807, 2.05) is 0 Å². The first-order valence-corrected chi connectivity index (χ1v) is 4.11. The van der Waals surface area contributed by atoms with E-state index in [1.165, 1.54) is 13.2 Å². The number of carbonyl (C=O) groups is 1. The Hall–Kier alpha value is -1.10. The van der Waals surface area contributed by atoms with Crippen LogP contribution >= 0.6 is 15.9 Å². The molecule has 0 aromatic heterocycles. The third-order valence-corrected chi connectivity index (χ3v) is 2.00. The average Bonchev–Trinajstić information content (AvgIpc) is 2.11. The van der Waals surface area contributed by atoms with Crippen molar-refractivity contribution in [2.75, 3.05) is 7.11 Å². The number of methoxy groups -OCH3 is 1. The van der Waals surface area contributed by atoms with E-state index < -0.39 is 5.82 Å². The van der Waals surface area contributed by atoms with Gasteiger partial charge in [0.15, 0.2) is 11.6 Å². The van der Waals surface area contributed by atoms with Gasteiger partial charge in [0.1, 0.15) is 5.75 Å². The van der Waals surface area contributed by atoms with Crippen LogP contribution in [-0.4, -0.2) is 13.6 Å². The number of carbonyl (C=O) groups excluding carboxylic acids is 1. The first-order valence-electron chi connectivity index (χ1n) is 3.32. The molecule has 1 aromatic carbocycles. The molecule has 70 valence electrons. The standard InChI is InChI=1S/C8H6BrFO3/c1-12-7-3-6(10)8(13-4-11)2-5(7)9/h2-4H,1H3. The van der Waals surface area contributed by atoms with Crippen molar-refractivity contribution >= 4 is 22.4 Å². The molecule has 0 bridgehead atoms. The van der Waals surface area contributed by atoms with E-state index in [1.54, 1.807) is 0 Å². The molecule has 0 aliphatic carbocycles. The zero-order chi connectivity index (χ0) is 9.84. The first kappa shape index (κ1) is 9.98. The Balaban J connectivity index is 3.12. The highest BCUT2D eigenvalue weighted by Gasteiger charge is 2.09. The average molecular weight is 249 g/mol. The van der Waals surface area contributed by atoms with Crippen LogP contribution in [0.2, 0.25) is 0 Å². The molecule has 13 heavy (non-hydrogen) atoms. The van der Waals surface area contributed by atoms with Gasteiger partial charge in [0, 0.05) is 12.1 Å². The lowest BCUT2D eigenvalue weighted by molar-refractivity contribution is -0.120. The lowest BCUT2D eigenvalue weighted by Crippen LogP contribution is -1.94. The summed E-state index contributed by atoms with van der Waals surface area (Å²) in [6.07, 6.45) is 0. The quantitative estimate of drug-likeness (QED) is 0.770. The van der Waals surface area contributed by atoms with Crippen LogP contribution in [0.15, 0.2) is 16.6 Å². The summed E-state index contributed by atoms with van der Waals surface area (Å²) in [6, 6.07) is 2.45. The summed E-state index contributed by atoms with van der Waals surface area (Å²) in [4.78, 5) is 9.96. The van der Waals surface area contributed by atoms with Gasteiger partial charge in [-0.15, -0.1) is 0 Å². The van der Waals surface area contributed by atoms with Crippen molar-refractivity contribution in [2.45, 2.75) is 0 Å². The van der Waals surface area contributed by atoms with Crippen LogP contribution in [0, 0.1) is 5.82 Å². The van der Waals surface area contributed by atoms with Gasteiger partial charge in [-0.05, 0) is 15.9 Å². The molecule has 0 aliphatic rings. The number of ether oxygens (including phenoxy) is 2. The first-order chi connectivity index (χ1) is 6.19. The van der Waals surface area contributed by atoms with Crippen LogP contribution in [0.5, 0.6) is 11.5 Å². The summed E-state index contributed by atoms with van der Waals surface area (Å²) in [5.41, 5.74) is 0. The zero-order valence-electron chi connectivity index (χ0n) is 6.71. The van der Waals surface area contributed by atoms with Crippen molar-refractivity contribution in [1.82, 2.24) is 0 Å².